The summed E-state index contributed by atoms with van der Waals surface area (Å²) in [6, 6.07) is 0. The first-order valence-corrected chi connectivity index (χ1v) is 7.55. The number of hydrogen-bond acceptors (Lipinski definition) is 0. The van der Waals surface area contributed by atoms with E-state index in [4.69, 9.17) is 6.42 Å². The third-order valence-electron chi connectivity index (χ3n) is 4.67. The molecule has 0 fully saturated rings. The van der Waals surface area contributed by atoms with Crippen molar-refractivity contribution >= 4 is 0 Å². The topological polar surface area (TPSA) is 0 Å². The van der Waals surface area contributed by atoms with Crippen molar-refractivity contribution in [1.82, 2.24) is 0 Å². The summed E-state index contributed by atoms with van der Waals surface area (Å²) in [7, 11) is 0. The van der Waals surface area contributed by atoms with Gasteiger partial charge in [0.2, 0.25) is 0 Å². The SMILES string of the molecule is C#CCC1(CC)C(CC)=C(CC)C(CC)=C1CC. The third kappa shape index (κ3) is 2.05. The van der Waals surface area contributed by atoms with Crippen LogP contribution in [-0.4, -0.2) is 0 Å². The third-order valence-corrected chi connectivity index (χ3v) is 4.67. The van der Waals surface area contributed by atoms with E-state index in [9.17, 15) is 0 Å². The van der Waals surface area contributed by atoms with Crippen molar-refractivity contribution in [1.29, 1.82) is 0 Å². The Morgan fingerprint density at radius 2 is 1.28 bits per heavy atom. The van der Waals surface area contributed by atoms with Crippen LogP contribution < -0.4 is 0 Å². The molecule has 0 radical (unpaired) electrons. The zero-order valence-corrected chi connectivity index (χ0v) is 12.8. The van der Waals surface area contributed by atoms with Gasteiger partial charge in [-0.2, -0.15) is 0 Å². The Bertz CT molecular complexity index is 370. The van der Waals surface area contributed by atoms with E-state index in [-0.39, 0.29) is 5.41 Å². The molecule has 0 bridgehead atoms. The van der Waals surface area contributed by atoms with Gasteiger partial charge in [0.05, 0.1) is 0 Å². The van der Waals surface area contributed by atoms with Gasteiger partial charge in [0.15, 0.2) is 0 Å². The smallest absolute Gasteiger partial charge is 0.0238 e. The first kappa shape index (κ1) is 15.1. The normalized spacial score (nSPS) is 18.4. The molecule has 18 heavy (non-hydrogen) atoms. The van der Waals surface area contributed by atoms with Crippen LogP contribution in [0.5, 0.6) is 0 Å². The molecule has 0 heterocycles. The molecule has 1 rings (SSSR count). The molecule has 0 spiro atoms. The van der Waals surface area contributed by atoms with Gasteiger partial charge in [0, 0.05) is 11.8 Å². The highest BCUT2D eigenvalue weighted by Crippen LogP contribution is 2.55. The maximum atomic E-state index is 5.68. The van der Waals surface area contributed by atoms with Crippen molar-refractivity contribution in [2.75, 3.05) is 0 Å². The van der Waals surface area contributed by atoms with Gasteiger partial charge in [-0.15, -0.1) is 12.3 Å². The quantitative estimate of drug-likeness (QED) is 0.529. The standard InChI is InChI=1S/C18H28/c1-7-13-18(12-6)16(10-4)14(8-2)15(9-3)17(18)11-5/h1H,8-13H2,2-6H3. The highest BCUT2D eigenvalue weighted by molar-refractivity contribution is 5.54. The molecular formula is C18H28. The minimum atomic E-state index is 0.189. The zero-order valence-electron chi connectivity index (χ0n) is 12.8. The van der Waals surface area contributed by atoms with E-state index >= 15 is 0 Å². The summed E-state index contributed by atoms with van der Waals surface area (Å²) in [5.74, 6) is 2.95. The highest BCUT2D eigenvalue weighted by Gasteiger charge is 2.41. The summed E-state index contributed by atoms with van der Waals surface area (Å²) in [5.41, 5.74) is 6.70. The molecule has 1 aliphatic rings. The molecule has 0 aromatic carbocycles. The molecule has 0 saturated carbocycles. The molecule has 0 aliphatic heterocycles. The predicted molar refractivity (Wildman–Crippen MR) is 81.4 cm³/mol. The minimum Gasteiger partial charge on any atom is -0.120 e. The van der Waals surface area contributed by atoms with Crippen molar-refractivity contribution in [3.63, 3.8) is 0 Å². The van der Waals surface area contributed by atoms with Gasteiger partial charge in [0.1, 0.15) is 0 Å². The Kier molecular flexibility index (Phi) is 5.27. The van der Waals surface area contributed by atoms with Crippen LogP contribution >= 0.6 is 0 Å². The first-order valence-electron chi connectivity index (χ1n) is 7.55. The Morgan fingerprint density at radius 3 is 1.50 bits per heavy atom. The lowest BCUT2D eigenvalue weighted by Crippen LogP contribution is -2.22. The average molecular weight is 244 g/mol. The summed E-state index contributed by atoms with van der Waals surface area (Å²) >= 11 is 0. The van der Waals surface area contributed by atoms with Gasteiger partial charge in [-0.3, -0.25) is 0 Å². The molecule has 0 unspecified atom stereocenters. The summed E-state index contributed by atoms with van der Waals surface area (Å²) < 4.78 is 0. The van der Waals surface area contributed by atoms with E-state index in [2.05, 4.69) is 40.5 Å². The largest absolute Gasteiger partial charge is 0.120 e. The number of rotatable bonds is 6. The number of terminal acetylenes is 1. The zero-order chi connectivity index (χ0) is 13.8. The van der Waals surface area contributed by atoms with Crippen LogP contribution in [-0.2, 0) is 0 Å². The molecule has 0 amide bonds. The summed E-state index contributed by atoms with van der Waals surface area (Å²) in [5, 5.41) is 0. The van der Waals surface area contributed by atoms with Crippen LogP contribution in [0.4, 0.5) is 0 Å². The fraction of sp³-hybridized carbons (Fsp3) is 0.667. The summed E-state index contributed by atoms with van der Waals surface area (Å²) in [6.07, 6.45) is 12.3. The van der Waals surface area contributed by atoms with Gasteiger partial charge < -0.3 is 0 Å². The van der Waals surface area contributed by atoms with Crippen LogP contribution in [0.3, 0.4) is 0 Å². The predicted octanol–water partition coefficient (Wildman–Crippen LogP) is 5.65. The van der Waals surface area contributed by atoms with E-state index in [0.29, 0.717) is 0 Å². The second-order valence-electron chi connectivity index (χ2n) is 5.14. The first-order chi connectivity index (χ1) is 8.66. The van der Waals surface area contributed by atoms with Crippen molar-refractivity contribution in [3.05, 3.63) is 22.3 Å². The maximum absolute atomic E-state index is 5.68. The second kappa shape index (κ2) is 6.28. The summed E-state index contributed by atoms with van der Waals surface area (Å²) in [6.45, 7) is 11.5. The molecule has 1 aliphatic carbocycles. The second-order valence-corrected chi connectivity index (χ2v) is 5.14. The van der Waals surface area contributed by atoms with Gasteiger partial charge in [0.25, 0.3) is 0 Å². The van der Waals surface area contributed by atoms with E-state index in [1.165, 1.54) is 0 Å². The molecule has 0 heteroatoms. The molecule has 0 saturated heterocycles. The molecular weight excluding hydrogens is 216 g/mol. The van der Waals surface area contributed by atoms with Crippen molar-refractivity contribution in [3.8, 4) is 12.3 Å². The van der Waals surface area contributed by atoms with Crippen molar-refractivity contribution in [2.24, 2.45) is 5.41 Å². The van der Waals surface area contributed by atoms with E-state index in [1.807, 2.05) is 0 Å². The van der Waals surface area contributed by atoms with E-state index in [0.717, 1.165) is 38.5 Å². The Balaban J connectivity index is 3.50. The van der Waals surface area contributed by atoms with Crippen LogP contribution in [0.15, 0.2) is 22.3 Å². The van der Waals surface area contributed by atoms with Crippen molar-refractivity contribution < 1.29 is 0 Å². The molecule has 0 nitrogen and oxygen atoms in total. The Morgan fingerprint density at radius 1 is 0.833 bits per heavy atom. The van der Waals surface area contributed by atoms with Crippen LogP contribution in [0, 0.1) is 17.8 Å². The fourth-order valence-corrected chi connectivity index (χ4v) is 4.02. The fourth-order valence-electron chi connectivity index (χ4n) is 4.02. The van der Waals surface area contributed by atoms with Gasteiger partial charge in [-0.05, 0) is 43.3 Å². The average Bonchev–Trinajstić information content (AvgIpc) is 2.67. The summed E-state index contributed by atoms with van der Waals surface area (Å²) in [4.78, 5) is 0. The van der Waals surface area contributed by atoms with Gasteiger partial charge >= 0.3 is 0 Å². The van der Waals surface area contributed by atoms with E-state index < -0.39 is 0 Å². The molecule has 0 aromatic rings. The monoisotopic (exact) mass is 244 g/mol. The van der Waals surface area contributed by atoms with E-state index in [1.54, 1.807) is 22.3 Å². The maximum Gasteiger partial charge on any atom is 0.0238 e. The Labute approximate surface area is 114 Å². The molecule has 0 aromatic heterocycles. The number of allylic oxidation sites excluding steroid dienone is 4. The lowest BCUT2D eigenvalue weighted by atomic mass is 9.70. The van der Waals surface area contributed by atoms with Crippen molar-refractivity contribution in [2.45, 2.75) is 73.1 Å². The van der Waals surface area contributed by atoms with Crippen LogP contribution in [0.2, 0.25) is 0 Å². The van der Waals surface area contributed by atoms with Crippen LogP contribution in [0.1, 0.15) is 73.1 Å². The van der Waals surface area contributed by atoms with Gasteiger partial charge in [-0.1, -0.05) is 45.8 Å². The van der Waals surface area contributed by atoms with Crippen LogP contribution in [0.25, 0.3) is 0 Å². The molecule has 0 atom stereocenters. The molecule has 100 valence electrons. The minimum absolute atomic E-state index is 0.189. The Hall–Kier alpha value is -0.960. The van der Waals surface area contributed by atoms with Gasteiger partial charge in [-0.25, -0.2) is 0 Å². The number of hydrogen-bond donors (Lipinski definition) is 0. The molecule has 0 N–H and O–H groups in total. The highest BCUT2D eigenvalue weighted by atomic mass is 14.4. The lowest BCUT2D eigenvalue weighted by Gasteiger charge is -2.33. The lowest BCUT2D eigenvalue weighted by molar-refractivity contribution is 0.408.